The standard InChI is InChI=1S/C22H20N2O4S/c1-24-13-14-28-21-12-9-18(15-20(21)22(24)25)23-29(26,27)19-10-7-17(8-11-19)16-5-3-2-4-6-16/h2-12,15,23H,13-14H2,1H3. The molecule has 1 N–H and O–H groups in total. The number of carbonyl (C=O) groups excluding carboxylic acids is 1. The first kappa shape index (κ1) is 19.0. The molecule has 0 atom stereocenters. The Bertz CT molecular complexity index is 1140. The molecule has 0 aromatic heterocycles. The Labute approximate surface area is 169 Å². The van der Waals surface area contributed by atoms with Crippen molar-refractivity contribution in [1.82, 2.24) is 4.90 Å². The maximum Gasteiger partial charge on any atom is 0.261 e. The number of carbonyl (C=O) groups is 1. The highest BCUT2D eigenvalue weighted by Crippen LogP contribution is 2.28. The van der Waals surface area contributed by atoms with Gasteiger partial charge in [0.25, 0.3) is 15.9 Å². The van der Waals surface area contributed by atoms with Gasteiger partial charge in [-0.1, -0.05) is 42.5 Å². The van der Waals surface area contributed by atoms with Crippen molar-refractivity contribution in [3.05, 3.63) is 78.4 Å². The van der Waals surface area contributed by atoms with E-state index in [-0.39, 0.29) is 10.8 Å². The molecule has 0 bridgehead atoms. The van der Waals surface area contributed by atoms with Crippen LogP contribution in [0.25, 0.3) is 11.1 Å². The van der Waals surface area contributed by atoms with E-state index >= 15 is 0 Å². The number of nitrogens with one attached hydrogen (secondary N) is 1. The number of fused-ring (bicyclic) bond motifs is 1. The van der Waals surface area contributed by atoms with Crippen LogP contribution in [0.3, 0.4) is 0 Å². The fraction of sp³-hybridized carbons (Fsp3) is 0.136. The highest BCUT2D eigenvalue weighted by Gasteiger charge is 2.22. The zero-order valence-corrected chi connectivity index (χ0v) is 16.6. The number of hydrogen-bond acceptors (Lipinski definition) is 4. The summed E-state index contributed by atoms with van der Waals surface area (Å²) >= 11 is 0. The summed E-state index contributed by atoms with van der Waals surface area (Å²) < 4.78 is 33.7. The van der Waals surface area contributed by atoms with E-state index in [1.807, 2.05) is 30.3 Å². The Morgan fingerprint density at radius 3 is 2.34 bits per heavy atom. The van der Waals surface area contributed by atoms with E-state index < -0.39 is 10.0 Å². The highest BCUT2D eigenvalue weighted by atomic mass is 32.2. The first-order chi connectivity index (χ1) is 13.9. The Balaban J connectivity index is 1.59. The van der Waals surface area contributed by atoms with Gasteiger partial charge in [0.15, 0.2) is 0 Å². The average Bonchev–Trinajstić information content (AvgIpc) is 2.87. The topological polar surface area (TPSA) is 75.7 Å². The Hall–Kier alpha value is -3.32. The lowest BCUT2D eigenvalue weighted by atomic mass is 10.1. The van der Waals surface area contributed by atoms with E-state index in [2.05, 4.69) is 4.72 Å². The number of ether oxygens (including phenoxy) is 1. The van der Waals surface area contributed by atoms with E-state index in [4.69, 9.17) is 4.74 Å². The molecule has 3 aromatic rings. The number of likely N-dealkylation sites (N-methyl/N-ethyl adjacent to an activating group) is 1. The second kappa shape index (κ2) is 7.60. The molecule has 0 unspecified atom stereocenters. The van der Waals surface area contributed by atoms with Crippen LogP contribution >= 0.6 is 0 Å². The molecule has 0 aliphatic carbocycles. The minimum absolute atomic E-state index is 0.145. The second-order valence-electron chi connectivity index (χ2n) is 6.78. The van der Waals surface area contributed by atoms with Gasteiger partial charge in [-0.05, 0) is 41.5 Å². The van der Waals surface area contributed by atoms with Gasteiger partial charge in [-0.15, -0.1) is 0 Å². The fourth-order valence-electron chi connectivity index (χ4n) is 3.16. The first-order valence-electron chi connectivity index (χ1n) is 9.15. The summed E-state index contributed by atoms with van der Waals surface area (Å²) in [5.41, 5.74) is 2.59. The van der Waals surface area contributed by atoms with E-state index in [0.29, 0.717) is 30.2 Å². The molecule has 3 aromatic carbocycles. The van der Waals surface area contributed by atoms with Crippen LogP contribution in [0.2, 0.25) is 0 Å². The van der Waals surface area contributed by atoms with Gasteiger partial charge in [0, 0.05) is 12.7 Å². The van der Waals surface area contributed by atoms with Gasteiger partial charge in [0.1, 0.15) is 12.4 Å². The molecule has 1 amide bonds. The molecule has 1 aliphatic heterocycles. The third kappa shape index (κ3) is 3.95. The van der Waals surface area contributed by atoms with Crippen molar-refractivity contribution in [2.45, 2.75) is 4.90 Å². The number of amides is 1. The number of hydrogen-bond donors (Lipinski definition) is 1. The largest absolute Gasteiger partial charge is 0.491 e. The molecular formula is C22H20N2O4S. The maximum absolute atomic E-state index is 12.8. The molecule has 0 spiro atoms. The number of benzene rings is 3. The SMILES string of the molecule is CN1CCOc2ccc(NS(=O)(=O)c3ccc(-c4ccccc4)cc3)cc2C1=O. The van der Waals surface area contributed by atoms with Gasteiger partial charge in [0.2, 0.25) is 0 Å². The van der Waals surface area contributed by atoms with Crippen molar-refractivity contribution >= 4 is 21.6 Å². The van der Waals surface area contributed by atoms with E-state index in [0.717, 1.165) is 11.1 Å². The molecule has 4 rings (SSSR count). The summed E-state index contributed by atoms with van der Waals surface area (Å²) in [6.07, 6.45) is 0. The van der Waals surface area contributed by atoms with Crippen molar-refractivity contribution in [3.8, 4) is 16.9 Å². The van der Waals surface area contributed by atoms with Crippen molar-refractivity contribution in [3.63, 3.8) is 0 Å². The second-order valence-corrected chi connectivity index (χ2v) is 8.46. The van der Waals surface area contributed by atoms with Crippen molar-refractivity contribution < 1.29 is 17.9 Å². The highest BCUT2D eigenvalue weighted by molar-refractivity contribution is 7.92. The molecular weight excluding hydrogens is 388 g/mol. The predicted molar refractivity (Wildman–Crippen MR) is 112 cm³/mol. The molecule has 6 nitrogen and oxygen atoms in total. The van der Waals surface area contributed by atoms with Crippen LogP contribution in [0.15, 0.2) is 77.7 Å². The smallest absolute Gasteiger partial charge is 0.261 e. The number of rotatable bonds is 4. The van der Waals surface area contributed by atoms with E-state index in [1.54, 1.807) is 48.3 Å². The summed E-state index contributed by atoms with van der Waals surface area (Å²) in [4.78, 5) is 14.2. The van der Waals surface area contributed by atoms with Gasteiger partial charge in [0.05, 0.1) is 17.0 Å². The minimum Gasteiger partial charge on any atom is -0.491 e. The molecule has 0 radical (unpaired) electrons. The van der Waals surface area contributed by atoms with Crippen LogP contribution in [-0.2, 0) is 10.0 Å². The number of nitrogens with zero attached hydrogens (tertiary/aromatic N) is 1. The quantitative estimate of drug-likeness (QED) is 0.715. The Kier molecular flexibility index (Phi) is 4.98. The molecule has 0 saturated carbocycles. The normalized spacial score (nSPS) is 14.0. The average molecular weight is 408 g/mol. The van der Waals surface area contributed by atoms with Crippen LogP contribution < -0.4 is 9.46 Å². The van der Waals surface area contributed by atoms with Gasteiger partial charge >= 0.3 is 0 Å². The Morgan fingerprint density at radius 2 is 1.62 bits per heavy atom. The molecule has 7 heteroatoms. The zero-order valence-electron chi connectivity index (χ0n) is 15.8. The summed E-state index contributed by atoms with van der Waals surface area (Å²) in [5, 5.41) is 0. The molecule has 0 saturated heterocycles. The van der Waals surface area contributed by atoms with Crippen molar-refractivity contribution in [2.24, 2.45) is 0 Å². The monoisotopic (exact) mass is 408 g/mol. The number of sulfonamides is 1. The minimum atomic E-state index is -3.79. The summed E-state index contributed by atoms with van der Waals surface area (Å²) in [6, 6.07) is 21.1. The van der Waals surface area contributed by atoms with Crippen LogP contribution in [0.1, 0.15) is 10.4 Å². The summed E-state index contributed by atoms with van der Waals surface area (Å²) in [6.45, 7) is 0.871. The zero-order chi connectivity index (χ0) is 20.4. The van der Waals surface area contributed by atoms with Crippen molar-refractivity contribution in [2.75, 3.05) is 24.9 Å². The predicted octanol–water partition coefficient (Wildman–Crippen LogP) is 3.62. The fourth-order valence-corrected chi connectivity index (χ4v) is 4.21. The first-order valence-corrected chi connectivity index (χ1v) is 10.6. The third-order valence-corrected chi connectivity index (χ3v) is 6.16. The summed E-state index contributed by atoms with van der Waals surface area (Å²) in [5.74, 6) is 0.250. The van der Waals surface area contributed by atoms with Crippen LogP contribution in [0.5, 0.6) is 5.75 Å². The molecule has 29 heavy (non-hydrogen) atoms. The summed E-state index contributed by atoms with van der Waals surface area (Å²) in [7, 11) is -2.11. The van der Waals surface area contributed by atoms with E-state index in [9.17, 15) is 13.2 Å². The van der Waals surface area contributed by atoms with Gasteiger partial charge in [-0.2, -0.15) is 0 Å². The lowest BCUT2D eigenvalue weighted by molar-refractivity contribution is 0.0796. The van der Waals surface area contributed by atoms with Crippen LogP contribution in [-0.4, -0.2) is 39.4 Å². The van der Waals surface area contributed by atoms with Crippen LogP contribution in [0.4, 0.5) is 5.69 Å². The lowest BCUT2D eigenvalue weighted by Gasteiger charge is -2.14. The molecule has 0 fully saturated rings. The van der Waals surface area contributed by atoms with Crippen molar-refractivity contribution in [1.29, 1.82) is 0 Å². The lowest BCUT2D eigenvalue weighted by Crippen LogP contribution is -2.27. The number of anilines is 1. The third-order valence-electron chi connectivity index (χ3n) is 4.76. The van der Waals surface area contributed by atoms with Gasteiger partial charge in [-0.25, -0.2) is 8.42 Å². The van der Waals surface area contributed by atoms with Gasteiger partial charge in [-0.3, -0.25) is 9.52 Å². The molecule has 1 heterocycles. The van der Waals surface area contributed by atoms with E-state index in [1.165, 1.54) is 6.07 Å². The Morgan fingerprint density at radius 1 is 0.931 bits per heavy atom. The molecule has 148 valence electrons. The maximum atomic E-state index is 12.8. The molecule has 1 aliphatic rings. The van der Waals surface area contributed by atoms with Crippen LogP contribution in [0, 0.1) is 0 Å². The van der Waals surface area contributed by atoms with Gasteiger partial charge < -0.3 is 9.64 Å².